The van der Waals surface area contributed by atoms with E-state index in [9.17, 15) is 4.79 Å². The molecule has 1 aliphatic rings. The molecule has 0 aliphatic heterocycles. The van der Waals surface area contributed by atoms with Crippen molar-refractivity contribution in [2.24, 2.45) is 17.8 Å². The third-order valence-electron chi connectivity index (χ3n) is 3.57. The molecule has 0 aromatic heterocycles. The third-order valence-corrected chi connectivity index (χ3v) is 3.57. The first-order valence-corrected chi connectivity index (χ1v) is 7.81. The zero-order valence-corrected chi connectivity index (χ0v) is 14.1. The van der Waals surface area contributed by atoms with Crippen LogP contribution in [0.25, 0.3) is 0 Å². The lowest BCUT2D eigenvalue weighted by molar-refractivity contribution is -0.126. The van der Waals surface area contributed by atoms with Gasteiger partial charge in [0.25, 0.3) is 0 Å². The van der Waals surface area contributed by atoms with Gasteiger partial charge in [0.05, 0.1) is 0 Å². The minimum Gasteiger partial charge on any atom is -0.356 e. The highest BCUT2D eigenvalue weighted by atomic mass is 16.1. The molecule has 1 amide bonds. The van der Waals surface area contributed by atoms with Crippen LogP contribution in [0.1, 0.15) is 52.9 Å². The SMILES string of the molecule is C=CC=C.C=O.CC(C)CCNC(=O)C1CCC(C)CC1. The lowest BCUT2D eigenvalue weighted by Crippen LogP contribution is -2.33. The number of carbonyl (C=O) groups is 2. The number of amides is 1. The first-order chi connectivity index (χ1) is 10.0. The van der Waals surface area contributed by atoms with E-state index in [0.717, 1.165) is 31.7 Å². The number of hydrogen-bond donors (Lipinski definition) is 1. The van der Waals surface area contributed by atoms with Crippen LogP contribution in [0.4, 0.5) is 0 Å². The number of nitrogens with one attached hydrogen (secondary N) is 1. The highest BCUT2D eigenvalue weighted by Gasteiger charge is 2.23. The molecule has 0 spiro atoms. The van der Waals surface area contributed by atoms with Crippen molar-refractivity contribution in [3.8, 4) is 0 Å². The van der Waals surface area contributed by atoms with Gasteiger partial charge in [0, 0.05) is 12.5 Å². The molecule has 0 aromatic carbocycles. The Kier molecular flexibility index (Phi) is 15.7. The van der Waals surface area contributed by atoms with Crippen molar-refractivity contribution >= 4 is 12.7 Å². The van der Waals surface area contributed by atoms with Gasteiger partial charge >= 0.3 is 0 Å². The molecule has 3 heteroatoms. The van der Waals surface area contributed by atoms with Crippen LogP contribution in [-0.2, 0) is 9.59 Å². The maximum absolute atomic E-state index is 11.8. The van der Waals surface area contributed by atoms with Gasteiger partial charge in [-0.15, -0.1) is 0 Å². The van der Waals surface area contributed by atoms with Gasteiger partial charge in [0.2, 0.25) is 5.91 Å². The molecule has 1 N–H and O–H groups in total. The van der Waals surface area contributed by atoms with E-state index in [1.165, 1.54) is 12.8 Å². The van der Waals surface area contributed by atoms with Crippen molar-refractivity contribution in [1.29, 1.82) is 0 Å². The second-order valence-corrected chi connectivity index (χ2v) is 5.90. The first kappa shape index (κ1) is 21.9. The quantitative estimate of drug-likeness (QED) is 0.774. The molecule has 0 aromatic rings. The molecule has 0 bridgehead atoms. The molecular weight excluding hydrogens is 262 g/mol. The van der Waals surface area contributed by atoms with Crippen LogP contribution < -0.4 is 5.32 Å². The summed E-state index contributed by atoms with van der Waals surface area (Å²) in [6, 6.07) is 0. The van der Waals surface area contributed by atoms with Crippen LogP contribution in [0.5, 0.6) is 0 Å². The van der Waals surface area contributed by atoms with E-state index >= 15 is 0 Å². The van der Waals surface area contributed by atoms with Crippen LogP contribution in [0.15, 0.2) is 25.3 Å². The summed E-state index contributed by atoms with van der Waals surface area (Å²) in [5, 5.41) is 3.06. The smallest absolute Gasteiger partial charge is 0.223 e. The van der Waals surface area contributed by atoms with E-state index in [2.05, 4.69) is 39.2 Å². The van der Waals surface area contributed by atoms with Gasteiger partial charge in [0.15, 0.2) is 0 Å². The topological polar surface area (TPSA) is 46.2 Å². The number of carbonyl (C=O) groups excluding carboxylic acids is 2. The molecule has 0 atom stereocenters. The zero-order valence-electron chi connectivity index (χ0n) is 14.1. The van der Waals surface area contributed by atoms with Gasteiger partial charge in [-0.3, -0.25) is 4.79 Å². The molecule has 1 rings (SSSR count). The summed E-state index contributed by atoms with van der Waals surface area (Å²) < 4.78 is 0. The molecule has 21 heavy (non-hydrogen) atoms. The Morgan fingerprint density at radius 2 is 1.62 bits per heavy atom. The van der Waals surface area contributed by atoms with Crippen molar-refractivity contribution in [2.45, 2.75) is 52.9 Å². The van der Waals surface area contributed by atoms with E-state index in [1.807, 2.05) is 6.79 Å². The Morgan fingerprint density at radius 1 is 1.14 bits per heavy atom. The van der Waals surface area contributed by atoms with E-state index in [4.69, 9.17) is 4.79 Å². The summed E-state index contributed by atoms with van der Waals surface area (Å²) in [7, 11) is 0. The summed E-state index contributed by atoms with van der Waals surface area (Å²) in [5.41, 5.74) is 0. The largest absolute Gasteiger partial charge is 0.356 e. The summed E-state index contributed by atoms with van der Waals surface area (Å²) in [6.07, 6.45) is 9.00. The van der Waals surface area contributed by atoms with Crippen LogP contribution in [0, 0.1) is 17.8 Å². The molecule has 1 fully saturated rings. The summed E-state index contributed by atoms with van der Waals surface area (Å²) >= 11 is 0. The Hall–Kier alpha value is -1.38. The van der Waals surface area contributed by atoms with Crippen LogP contribution in [0.2, 0.25) is 0 Å². The van der Waals surface area contributed by atoms with Gasteiger partial charge in [-0.05, 0) is 43.9 Å². The van der Waals surface area contributed by atoms with Crippen molar-refractivity contribution in [3.63, 3.8) is 0 Å². The monoisotopic (exact) mass is 295 g/mol. The minimum absolute atomic E-state index is 0.294. The molecule has 0 saturated heterocycles. The van der Waals surface area contributed by atoms with E-state index in [-0.39, 0.29) is 0 Å². The Bertz CT molecular complexity index is 273. The fourth-order valence-electron chi connectivity index (χ4n) is 2.15. The zero-order chi connectivity index (χ0) is 16.7. The molecular formula is C18H33NO2. The standard InChI is InChI=1S/C13H25NO.C4H6.CH2O/c1-10(2)8-9-14-13(15)12-6-4-11(3)5-7-12;1-3-4-2;1-2/h10-12H,4-9H2,1-3H3,(H,14,15);3-4H,1-2H2;1H2. The average Bonchev–Trinajstić information content (AvgIpc) is 2.49. The molecule has 0 radical (unpaired) electrons. The van der Waals surface area contributed by atoms with Gasteiger partial charge in [-0.2, -0.15) is 0 Å². The lowest BCUT2D eigenvalue weighted by Gasteiger charge is -2.25. The van der Waals surface area contributed by atoms with Crippen molar-refractivity contribution in [2.75, 3.05) is 6.54 Å². The molecule has 0 heterocycles. The van der Waals surface area contributed by atoms with Crippen LogP contribution >= 0.6 is 0 Å². The van der Waals surface area contributed by atoms with Crippen LogP contribution in [-0.4, -0.2) is 19.2 Å². The normalized spacial score (nSPS) is 20.2. The second-order valence-electron chi connectivity index (χ2n) is 5.90. The highest BCUT2D eigenvalue weighted by molar-refractivity contribution is 5.78. The van der Waals surface area contributed by atoms with Gasteiger partial charge in [-0.25, -0.2) is 0 Å². The van der Waals surface area contributed by atoms with Crippen molar-refractivity contribution < 1.29 is 9.59 Å². The fraction of sp³-hybridized carbons (Fsp3) is 0.667. The van der Waals surface area contributed by atoms with E-state index < -0.39 is 0 Å². The van der Waals surface area contributed by atoms with Crippen molar-refractivity contribution in [3.05, 3.63) is 25.3 Å². The fourth-order valence-corrected chi connectivity index (χ4v) is 2.15. The summed E-state index contributed by atoms with van der Waals surface area (Å²) in [5.74, 6) is 2.09. The minimum atomic E-state index is 0.294. The number of rotatable bonds is 5. The van der Waals surface area contributed by atoms with Gasteiger partial charge in [0.1, 0.15) is 6.79 Å². The maximum atomic E-state index is 11.8. The predicted octanol–water partition coefficient (Wildman–Crippen LogP) is 4.15. The number of allylic oxidation sites excluding steroid dienone is 2. The molecule has 0 unspecified atom stereocenters. The number of hydrogen-bond acceptors (Lipinski definition) is 2. The Labute approximate surface area is 130 Å². The lowest BCUT2D eigenvalue weighted by atomic mass is 9.82. The third kappa shape index (κ3) is 13.4. The second kappa shape index (κ2) is 15.0. The van der Waals surface area contributed by atoms with Crippen molar-refractivity contribution in [1.82, 2.24) is 5.32 Å². The summed E-state index contributed by atoms with van der Waals surface area (Å²) in [4.78, 5) is 19.8. The predicted molar refractivity (Wildman–Crippen MR) is 91.1 cm³/mol. The van der Waals surface area contributed by atoms with E-state index in [0.29, 0.717) is 17.7 Å². The average molecular weight is 295 g/mol. The van der Waals surface area contributed by atoms with Gasteiger partial charge < -0.3 is 10.1 Å². The highest BCUT2D eigenvalue weighted by Crippen LogP contribution is 2.28. The Morgan fingerprint density at radius 3 is 2.00 bits per heavy atom. The van der Waals surface area contributed by atoms with Crippen LogP contribution in [0.3, 0.4) is 0 Å². The molecule has 122 valence electrons. The van der Waals surface area contributed by atoms with Gasteiger partial charge in [-0.1, -0.05) is 46.1 Å². The molecule has 3 nitrogen and oxygen atoms in total. The Balaban J connectivity index is 0. The molecule has 1 aliphatic carbocycles. The molecule has 1 saturated carbocycles. The van der Waals surface area contributed by atoms with E-state index in [1.54, 1.807) is 12.2 Å². The first-order valence-electron chi connectivity index (χ1n) is 7.81. The maximum Gasteiger partial charge on any atom is 0.223 e. The summed E-state index contributed by atoms with van der Waals surface area (Å²) in [6.45, 7) is 16.2.